The lowest BCUT2D eigenvalue weighted by molar-refractivity contribution is 0.000884. The highest BCUT2D eigenvalue weighted by molar-refractivity contribution is 5.98. The molecule has 110 valence electrons. The van der Waals surface area contributed by atoms with Gasteiger partial charge < -0.3 is 15.1 Å². The van der Waals surface area contributed by atoms with Crippen molar-refractivity contribution in [3.63, 3.8) is 0 Å². The molecule has 1 aromatic carbocycles. The molecule has 1 aromatic heterocycles. The van der Waals surface area contributed by atoms with Crippen LogP contribution in [-0.2, 0) is 0 Å². The molecule has 21 heavy (non-hydrogen) atoms. The predicted molar refractivity (Wildman–Crippen MR) is 78.8 cm³/mol. The number of aliphatic hydroxyl groups is 2. The molecule has 1 fully saturated rings. The maximum Gasteiger partial charge on any atom is 0.253 e. The van der Waals surface area contributed by atoms with Crippen molar-refractivity contribution in [1.82, 2.24) is 9.88 Å². The van der Waals surface area contributed by atoms with E-state index in [9.17, 15) is 9.90 Å². The van der Waals surface area contributed by atoms with Gasteiger partial charge in [0, 0.05) is 42.8 Å². The minimum absolute atomic E-state index is 0.0369. The summed E-state index contributed by atoms with van der Waals surface area (Å²) in [6, 6.07) is 9.19. The van der Waals surface area contributed by atoms with E-state index in [0.29, 0.717) is 18.5 Å². The first-order valence-corrected chi connectivity index (χ1v) is 7.12. The lowest BCUT2D eigenvalue weighted by atomic mass is 9.94. The van der Waals surface area contributed by atoms with Gasteiger partial charge in [0.25, 0.3) is 5.91 Å². The van der Waals surface area contributed by atoms with Crippen LogP contribution in [0.15, 0.2) is 36.5 Å². The van der Waals surface area contributed by atoms with E-state index in [4.69, 9.17) is 5.11 Å². The monoisotopic (exact) mass is 286 g/mol. The fraction of sp³-hybridized carbons (Fsp3) is 0.375. The van der Waals surface area contributed by atoms with E-state index in [2.05, 4.69) is 4.98 Å². The number of aromatic nitrogens is 1. The van der Waals surface area contributed by atoms with Crippen molar-refractivity contribution in [2.75, 3.05) is 19.7 Å². The molecule has 3 rings (SSSR count). The lowest BCUT2D eigenvalue weighted by Crippen LogP contribution is -2.47. The van der Waals surface area contributed by atoms with E-state index in [-0.39, 0.29) is 25.0 Å². The zero-order valence-electron chi connectivity index (χ0n) is 11.6. The maximum absolute atomic E-state index is 12.5. The van der Waals surface area contributed by atoms with Crippen LogP contribution in [0.2, 0.25) is 0 Å². The largest absolute Gasteiger partial charge is 0.396 e. The van der Waals surface area contributed by atoms with Crippen LogP contribution in [0.4, 0.5) is 0 Å². The molecule has 0 saturated carbocycles. The van der Waals surface area contributed by atoms with Crippen molar-refractivity contribution in [3.8, 4) is 0 Å². The van der Waals surface area contributed by atoms with Crippen LogP contribution < -0.4 is 0 Å². The van der Waals surface area contributed by atoms with Crippen LogP contribution in [0.3, 0.4) is 0 Å². The van der Waals surface area contributed by atoms with Crippen molar-refractivity contribution < 1.29 is 15.0 Å². The quantitative estimate of drug-likeness (QED) is 0.865. The number of carbonyl (C=O) groups excluding carboxylic acids is 1. The Bertz CT molecular complexity index is 659. The Morgan fingerprint density at radius 1 is 1.38 bits per heavy atom. The average molecular weight is 286 g/mol. The van der Waals surface area contributed by atoms with Gasteiger partial charge in [-0.2, -0.15) is 0 Å². The van der Waals surface area contributed by atoms with Crippen LogP contribution in [0.5, 0.6) is 0 Å². The van der Waals surface area contributed by atoms with Gasteiger partial charge in [-0.1, -0.05) is 6.07 Å². The van der Waals surface area contributed by atoms with Gasteiger partial charge in [-0.25, -0.2) is 0 Å². The standard InChI is InChI=1S/C16H18N2O3/c19-10-13-5-7-18(9-15(13)20)16(21)12-3-4-14-11(8-12)2-1-6-17-14/h1-4,6,8,13,15,19-20H,5,7,9-10H2/t13-,15+/m1/s1. The molecule has 2 N–H and O–H groups in total. The van der Waals surface area contributed by atoms with Crippen molar-refractivity contribution in [2.24, 2.45) is 5.92 Å². The first-order chi connectivity index (χ1) is 10.2. The fourth-order valence-corrected chi connectivity index (χ4v) is 2.77. The Kier molecular flexibility index (Phi) is 3.86. The number of likely N-dealkylation sites (tertiary alicyclic amines) is 1. The molecular weight excluding hydrogens is 268 g/mol. The number of amides is 1. The number of hydrogen-bond acceptors (Lipinski definition) is 4. The van der Waals surface area contributed by atoms with Crippen molar-refractivity contribution in [3.05, 3.63) is 42.1 Å². The van der Waals surface area contributed by atoms with Gasteiger partial charge in [-0.15, -0.1) is 0 Å². The predicted octanol–water partition coefficient (Wildman–Crippen LogP) is 1.05. The third-order valence-electron chi connectivity index (χ3n) is 4.09. The Morgan fingerprint density at radius 3 is 3.00 bits per heavy atom. The van der Waals surface area contributed by atoms with Gasteiger partial charge >= 0.3 is 0 Å². The van der Waals surface area contributed by atoms with Gasteiger partial charge in [0.15, 0.2) is 0 Å². The van der Waals surface area contributed by atoms with E-state index in [1.54, 1.807) is 17.2 Å². The summed E-state index contributed by atoms with van der Waals surface area (Å²) >= 11 is 0. The molecule has 1 amide bonds. The van der Waals surface area contributed by atoms with Gasteiger partial charge in [-0.3, -0.25) is 9.78 Å². The number of nitrogens with zero attached hydrogens (tertiary/aromatic N) is 2. The second kappa shape index (κ2) is 5.79. The molecule has 2 aromatic rings. The first-order valence-electron chi connectivity index (χ1n) is 7.12. The number of piperidine rings is 1. The second-order valence-electron chi connectivity index (χ2n) is 5.46. The molecule has 5 nitrogen and oxygen atoms in total. The number of β-amino-alcohol motifs (C(OH)–C–C–N with tert-alkyl or cyclic N) is 1. The van der Waals surface area contributed by atoms with Crippen molar-refractivity contribution in [2.45, 2.75) is 12.5 Å². The number of fused-ring (bicyclic) bond motifs is 1. The highest BCUT2D eigenvalue weighted by atomic mass is 16.3. The minimum atomic E-state index is -0.658. The molecule has 5 heteroatoms. The molecule has 0 radical (unpaired) electrons. The summed E-state index contributed by atoms with van der Waals surface area (Å²) < 4.78 is 0. The third-order valence-corrected chi connectivity index (χ3v) is 4.09. The van der Waals surface area contributed by atoms with Gasteiger partial charge in [0.05, 0.1) is 11.6 Å². The number of rotatable bonds is 2. The third kappa shape index (κ3) is 2.75. The Labute approximate surface area is 122 Å². The number of pyridine rings is 1. The van der Waals surface area contributed by atoms with Gasteiger partial charge in [0.2, 0.25) is 0 Å². The molecule has 2 atom stereocenters. The zero-order chi connectivity index (χ0) is 14.8. The van der Waals surface area contributed by atoms with Crippen LogP contribution in [0.1, 0.15) is 16.8 Å². The molecule has 1 aliphatic heterocycles. The lowest BCUT2D eigenvalue weighted by Gasteiger charge is -2.35. The van der Waals surface area contributed by atoms with Crippen LogP contribution in [0.25, 0.3) is 10.9 Å². The summed E-state index contributed by atoms with van der Waals surface area (Å²) in [5.41, 5.74) is 1.46. The number of benzene rings is 1. The Hall–Kier alpha value is -1.98. The van der Waals surface area contributed by atoms with Crippen LogP contribution in [-0.4, -0.2) is 51.8 Å². The maximum atomic E-state index is 12.5. The SMILES string of the molecule is O=C(c1ccc2ncccc2c1)N1CC[C@H](CO)[C@@H](O)C1. The molecule has 0 unspecified atom stereocenters. The summed E-state index contributed by atoms with van der Waals surface area (Å²) in [6.45, 7) is 0.798. The zero-order valence-corrected chi connectivity index (χ0v) is 11.6. The van der Waals surface area contributed by atoms with Crippen LogP contribution in [0, 0.1) is 5.92 Å². The fourth-order valence-electron chi connectivity index (χ4n) is 2.77. The Balaban J connectivity index is 1.80. The molecular formula is C16H18N2O3. The summed E-state index contributed by atoms with van der Waals surface area (Å²) in [7, 11) is 0. The van der Waals surface area contributed by atoms with E-state index in [1.165, 1.54) is 0 Å². The minimum Gasteiger partial charge on any atom is -0.396 e. The normalized spacial score (nSPS) is 22.5. The first kappa shape index (κ1) is 14.0. The molecule has 2 heterocycles. The van der Waals surface area contributed by atoms with E-state index in [1.807, 2.05) is 24.3 Å². The molecule has 1 aliphatic rings. The van der Waals surface area contributed by atoms with E-state index < -0.39 is 6.10 Å². The van der Waals surface area contributed by atoms with E-state index >= 15 is 0 Å². The molecule has 1 saturated heterocycles. The van der Waals surface area contributed by atoms with Gasteiger partial charge in [0.1, 0.15) is 0 Å². The van der Waals surface area contributed by atoms with Gasteiger partial charge in [-0.05, 0) is 30.7 Å². The molecule has 0 spiro atoms. The summed E-state index contributed by atoms with van der Waals surface area (Å²) in [5.74, 6) is -0.217. The highest BCUT2D eigenvalue weighted by Gasteiger charge is 2.30. The van der Waals surface area contributed by atoms with Crippen molar-refractivity contribution >= 4 is 16.8 Å². The second-order valence-corrected chi connectivity index (χ2v) is 5.46. The number of carbonyl (C=O) groups is 1. The smallest absolute Gasteiger partial charge is 0.253 e. The summed E-state index contributed by atoms with van der Waals surface area (Å²) in [6.07, 6.45) is 1.69. The number of aliphatic hydroxyl groups excluding tert-OH is 2. The topological polar surface area (TPSA) is 73.7 Å². The molecule has 0 aliphatic carbocycles. The Morgan fingerprint density at radius 2 is 2.24 bits per heavy atom. The summed E-state index contributed by atoms with van der Waals surface area (Å²) in [4.78, 5) is 18.4. The highest BCUT2D eigenvalue weighted by Crippen LogP contribution is 2.20. The summed E-state index contributed by atoms with van der Waals surface area (Å²) in [5, 5.41) is 20.0. The van der Waals surface area contributed by atoms with Crippen LogP contribution >= 0.6 is 0 Å². The molecule has 0 bridgehead atoms. The average Bonchev–Trinajstić information content (AvgIpc) is 2.53. The van der Waals surface area contributed by atoms with Crippen molar-refractivity contribution in [1.29, 1.82) is 0 Å². The van der Waals surface area contributed by atoms with E-state index in [0.717, 1.165) is 10.9 Å². The number of hydrogen-bond donors (Lipinski definition) is 2.